The Bertz CT molecular complexity index is 239. The van der Waals surface area contributed by atoms with Gasteiger partial charge in [-0.05, 0) is 19.9 Å². The van der Waals surface area contributed by atoms with Gasteiger partial charge in [0.1, 0.15) is 0 Å². The number of aliphatic carboxylic acids is 1. The van der Waals surface area contributed by atoms with Gasteiger partial charge in [-0.15, -0.1) is 12.4 Å². The molecule has 0 saturated heterocycles. The van der Waals surface area contributed by atoms with Crippen molar-refractivity contribution in [2.24, 2.45) is 0 Å². The molecule has 18 heavy (non-hydrogen) atoms. The molecule has 0 spiro atoms. The highest BCUT2D eigenvalue weighted by Crippen LogP contribution is 1.91. The number of ether oxygens (including phenoxy) is 1. The molecular formula is C11H23ClN2O4. The predicted molar refractivity (Wildman–Crippen MR) is 71.1 cm³/mol. The van der Waals surface area contributed by atoms with Crippen LogP contribution < -0.4 is 5.32 Å². The third-order valence-electron chi connectivity index (χ3n) is 2.04. The number of carboxylic acids is 1. The van der Waals surface area contributed by atoms with Crippen molar-refractivity contribution >= 4 is 24.3 Å². The average Bonchev–Trinajstić information content (AvgIpc) is 2.24. The first-order valence-corrected chi connectivity index (χ1v) is 5.88. The molecule has 7 heteroatoms. The summed E-state index contributed by atoms with van der Waals surface area (Å²) < 4.78 is 5.08. The van der Waals surface area contributed by atoms with E-state index in [1.54, 1.807) is 4.90 Å². The fourth-order valence-electron chi connectivity index (χ4n) is 1.39. The average molecular weight is 283 g/mol. The lowest BCUT2D eigenvalue weighted by Crippen LogP contribution is -2.41. The van der Waals surface area contributed by atoms with Crippen LogP contribution in [0.25, 0.3) is 0 Å². The quantitative estimate of drug-likeness (QED) is 0.566. The molecule has 0 saturated carbocycles. The van der Waals surface area contributed by atoms with E-state index in [-0.39, 0.29) is 31.4 Å². The monoisotopic (exact) mass is 282 g/mol. The Morgan fingerprint density at radius 2 is 1.94 bits per heavy atom. The Morgan fingerprint density at radius 1 is 1.28 bits per heavy atom. The molecule has 0 aromatic carbocycles. The van der Waals surface area contributed by atoms with Crippen LogP contribution in [0.4, 0.5) is 0 Å². The smallest absolute Gasteiger partial charge is 0.317 e. The Balaban J connectivity index is 0. The number of nitrogens with zero attached hydrogens (tertiary/aromatic N) is 1. The lowest BCUT2D eigenvalue weighted by molar-refractivity contribution is -0.138. The van der Waals surface area contributed by atoms with E-state index in [1.807, 2.05) is 13.8 Å². The topological polar surface area (TPSA) is 78.9 Å². The molecule has 0 unspecified atom stereocenters. The number of nitrogens with one attached hydrogen (secondary N) is 1. The molecule has 0 atom stereocenters. The van der Waals surface area contributed by atoms with Gasteiger partial charge < -0.3 is 15.2 Å². The predicted octanol–water partition coefficient (Wildman–Crippen LogP) is 0.357. The normalized spacial score (nSPS) is 9.94. The summed E-state index contributed by atoms with van der Waals surface area (Å²) in [6.45, 7) is 6.01. The zero-order valence-electron chi connectivity index (χ0n) is 11.0. The van der Waals surface area contributed by atoms with Gasteiger partial charge in [0.15, 0.2) is 0 Å². The van der Waals surface area contributed by atoms with Gasteiger partial charge in [-0.1, -0.05) is 6.92 Å². The summed E-state index contributed by atoms with van der Waals surface area (Å²) >= 11 is 0. The minimum Gasteiger partial charge on any atom is -0.480 e. The first-order chi connectivity index (χ1) is 8.10. The highest BCUT2D eigenvalue weighted by atomic mass is 35.5. The number of amides is 1. The fourth-order valence-corrected chi connectivity index (χ4v) is 1.39. The highest BCUT2D eigenvalue weighted by molar-refractivity contribution is 5.85. The fraction of sp³-hybridized carbons (Fsp3) is 0.818. The Kier molecular flexibility index (Phi) is 13.6. The second-order valence-electron chi connectivity index (χ2n) is 3.65. The largest absolute Gasteiger partial charge is 0.480 e. The van der Waals surface area contributed by atoms with E-state index in [4.69, 9.17) is 9.84 Å². The van der Waals surface area contributed by atoms with Crippen LogP contribution in [0.2, 0.25) is 0 Å². The summed E-state index contributed by atoms with van der Waals surface area (Å²) in [6.07, 6.45) is 0.819. The Hall–Kier alpha value is -0.850. The molecule has 0 aromatic rings. The van der Waals surface area contributed by atoms with Gasteiger partial charge in [0.2, 0.25) is 5.91 Å². The summed E-state index contributed by atoms with van der Waals surface area (Å²) in [4.78, 5) is 23.7. The van der Waals surface area contributed by atoms with Gasteiger partial charge in [0.05, 0.1) is 19.7 Å². The zero-order valence-corrected chi connectivity index (χ0v) is 11.8. The van der Waals surface area contributed by atoms with Crippen LogP contribution in [0.1, 0.15) is 20.3 Å². The molecule has 0 aliphatic carbocycles. The van der Waals surface area contributed by atoms with Crippen LogP contribution in [0.15, 0.2) is 0 Å². The third kappa shape index (κ3) is 11.6. The van der Waals surface area contributed by atoms with Crippen molar-refractivity contribution in [2.75, 3.05) is 39.4 Å². The Morgan fingerprint density at radius 3 is 2.44 bits per heavy atom. The third-order valence-corrected chi connectivity index (χ3v) is 2.04. The van der Waals surface area contributed by atoms with Crippen LogP contribution >= 0.6 is 12.4 Å². The minimum atomic E-state index is -0.916. The number of halogens is 1. The summed E-state index contributed by atoms with van der Waals surface area (Å²) in [5.74, 6) is -1.08. The minimum absolute atomic E-state index is 0. The van der Waals surface area contributed by atoms with E-state index < -0.39 is 5.97 Å². The molecule has 6 nitrogen and oxygen atoms in total. The molecule has 108 valence electrons. The molecule has 0 heterocycles. The van der Waals surface area contributed by atoms with E-state index >= 15 is 0 Å². The van der Waals surface area contributed by atoms with Gasteiger partial charge in [0.25, 0.3) is 0 Å². The van der Waals surface area contributed by atoms with Crippen molar-refractivity contribution < 1.29 is 19.4 Å². The van der Waals surface area contributed by atoms with Crippen molar-refractivity contribution in [3.63, 3.8) is 0 Å². The first-order valence-electron chi connectivity index (χ1n) is 5.88. The van der Waals surface area contributed by atoms with E-state index in [1.165, 1.54) is 0 Å². The van der Waals surface area contributed by atoms with E-state index in [0.717, 1.165) is 6.42 Å². The number of carboxylic acid groups (broad SMARTS) is 1. The Labute approximate surface area is 114 Å². The van der Waals surface area contributed by atoms with Crippen LogP contribution in [0.3, 0.4) is 0 Å². The molecule has 0 aliphatic heterocycles. The van der Waals surface area contributed by atoms with Crippen LogP contribution in [0, 0.1) is 0 Å². The SMILES string of the molecule is CCCN(CC(=O)O)CC(=O)NCCOCC.Cl. The zero-order chi connectivity index (χ0) is 13.1. The summed E-state index contributed by atoms with van der Waals surface area (Å²) in [5.41, 5.74) is 0. The molecule has 0 fully saturated rings. The van der Waals surface area contributed by atoms with Gasteiger partial charge in [0, 0.05) is 13.2 Å². The molecule has 1 amide bonds. The van der Waals surface area contributed by atoms with Crippen LogP contribution in [-0.4, -0.2) is 61.3 Å². The maximum Gasteiger partial charge on any atom is 0.317 e. The number of carbonyl (C=O) groups excluding carboxylic acids is 1. The van der Waals surface area contributed by atoms with E-state index in [9.17, 15) is 9.59 Å². The summed E-state index contributed by atoms with van der Waals surface area (Å²) in [5, 5.41) is 11.4. The number of carbonyl (C=O) groups is 2. The van der Waals surface area contributed by atoms with Crippen LogP contribution in [-0.2, 0) is 14.3 Å². The molecular weight excluding hydrogens is 260 g/mol. The van der Waals surface area contributed by atoms with Crippen molar-refractivity contribution in [1.29, 1.82) is 0 Å². The maximum absolute atomic E-state index is 11.5. The number of hydrogen-bond acceptors (Lipinski definition) is 4. The first kappa shape index (κ1) is 19.5. The van der Waals surface area contributed by atoms with Gasteiger partial charge in [-0.2, -0.15) is 0 Å². The lowest BCUT2D eigenvalue weighted by atomic mass is 10.3. The molecule has 0 aromatic heterocycles. The van der Waals surface area contributed by atoms with Crippen molar-refractivity contribution in [3.8, 4) is 0 Å². The molecule has 0 bridgehead atoms. The molecule has 2 N–H and O–H groups in total. The highest BCUT2D eigenvalue weighted by Gasteiger charge is 2.12. The molecule has 0 aliphatic rings. The van der Waals surface area contributed by atoms with Crippen molar-refractivity contribution in [3.05, 3.63) is 0 Å². The summed E-state index contributed by atoms with van der Waals surface area (Å²) in [6, 6.07) is 0. The standard InChI is InChI=1S/C11H22N2O4.ClH/c1-3-6-13(9-11(15)16)8-10(14)12-5-7-17-4-2;/h3-9H2,1-2H3,(H,12,14)(H,15,16);1H. The van der Waals surface area contributed by atoms with Crippen molar-refractivity contribution in [1.82, 2.24) is 10.2 Å². The van der Waals surface area contributed by atoms with Gasteiger partial charge >= 0.3 is 5.97 Å². The summed E-state index contributed by atoms with van der Waals surface area (Å²) in [7, 11) is 0. The molecule has 0 radical (unpaired) electrons. The second-order valence-corrected chi connectivity index (χ2v) is 3.65. The molecule has 0 rings (SSSR count). The maximum atomic E-state index is 11.5. The number of hydrogen-bond donors (Lipinski definition) is 2. The van der Waals surface area contributed by atoms with Crippen LogP contribution in [0.5, 0.6) is 0 Å². The lowest BCUT2D eigenvalue weighted by Gasteiger charge is -2.18. The van der Waals surface area contributed by atoms with E-state index in [2.05, 4.69) is 5.32 Å². The second kappa shape index (κ2) is 12.6. The van der Waals surface area contributed by atoms with Gasteiger partial charge in [-0.25, -0.2) is 0 Å². The van der Waals surface area contributed by atoms with Gasteiger partial charge in [-0.3, -0.25) is 14.5 Å². The van der Waals surface area contributed by atoms with Crippen molar-refractivity contribution in [2.45, 2.75) is 20.3 Å². The van der Waals surface area contributed by atoms with E-state index in [0.29, 0.717) is 26.3 Å². The number of rotatable bonds is 10.